The van der Waals surface area contributed by atoms with Crippen molar-refractivity contribution in [1.29, 1.82) is 0 Å². The predicted molar refractivity (Wildman–Crippen MR) is 108 cm³/mol. The summed E-state index contributed by atoms with van der Waals surface area (Å²) in [6.45, 7) is 2.10. The zero-order valence-electron chi connectivity index (χ0n) is 13.6. The smallest absolute Gasteiger partial charge is 0.225 e. The van der Waals surface area contributed by atoms with Crippen molar-refractivity contribution in [2.24, 2.45) is 0 Å². The summed E-state index contributed by atoms with van der Waals surface area (Å²) in [5.41, 5.74) is 3.18. The number of imidazole rings is 1. The van der Waals surface area contributed by atoms with E-state index in [9.17, 15) is 0 Å². The van der Waals surface area contributed by atoms with Gasteiger partial charge in [-0.15, -0.1) is 0 Å². The predicted octanol–water partition coefficient (Wildman–Crippen LogP) is 4.59. The average molecular weight is 441 g/mol. The van der Waals surface area contributed by atoms with Crippen molar-refractivity contribution < 1.29 is 0 Å². The van der Waals surface area contributed by atoms with Gasteiger partial charge in [0.05, 0.1) is 17.1 Å². The molecular formula is C19H16IN5. The number of hydrogen-bond acceptors (Lipinski definition) is 4. The lowest BCUT2D eigenvalue weighted by Gasteiger charge is -2.14. The summed E-state index contributed by atoms with van der Waals surface area (Å²) in [6, 6.07) is 18.5. The van der Waals surface area contributed by atoms with Gasteiger partial charge in [-0.1, -0.05) is 30.3 Å². The molecule has 1 N–H and O–H groups in total. The second kappa shape index (κ2) is 6.79. The molecule has 2 aromatic carbocycles. The minimum absolute atomic E-state index is 0.123. The monoisotopic (exact) mass is 441 g/mol. The third-order valence-corrected chi connectivity index (χ3v) is 4.71. The number of fused-ring (bicyclic) bond motifs is 1. The van der Waals surface area contributed by atoms with Crippen LogP contribution >= 0.6 is 22.6 Å². The number of nitrogens with one attached hydrogen (secondary N) is 1. The van der Waals surface area contributed by atoms with Gasteiger partial charge in [-0.3, -0.25) is 4.57 Å². The molecule has 0 spiro atoms. The van der Waals surface area contributed by atoms with E-state index >= 15 is 0 Å². The van der Waals surface area contributed by atoms with E-state index in [1.165, 1.54) is 5.56 Å². The van der Waals surface area contributed by atoms with Gasteiger partial charge in [0.25, 0.3) is 0 Å². The fourth-order valence-corrected chi connectivity index (χ4v) is 3.21. The summed E-state index contributed by atoms with van der Waals surface area (Å²) in [5, 5.41) is 3.36. The number of anilines is 1. The Morgan fingerprint density at radius 1 is 1.04 bits per heavy atom. The second-order valence-corrected chi connectivity index (χ2v) is 7.01. The molecule has 0 radical (unpaired) electrons. The first kappa shape index (κ1) is 16.0. The van der Waals surface area contributed by atoms with E-state index in [1.807, 2.05) is 28.8 Å². The molecule has 4 aromatic rings. The molecule has 5 nitrogen and oxygen atoms in total. The van der Waals surface area contributed by atoms with Crippen LogP contribution < -0.4 is 5.32 Å². The molecule has 2 aromatic heterocycles. The van der Waals surface area contributed by atoms with Gasteiger partial charge in [-0.05, 0) is 59.3 Å². The zero-order chi connectivity index (χ0) is 17.2. The lowest BCUT2D eigenvalue weighted by molar-refractivity contribution is 0.854. The van der Waals surface area contributed by atoms with Crippen LogP contribution in [0.3, 0.4) is 0 Å². The van der Waals surface area contributed by atoms with Crippen LogP contribution in [-0.2, 0) is 0 Å². The summed E-state index contributed by atoms with van der Waals surface area (Å²) < 4.78 is 3.14. The molecule has 124 valence electrons. The van der Waals surface area contributed by atoms with E-state index in [-0.39, 0.29) is 6.04 Å². The summed E-state index contributed by atoms with van der Waals surface area (Å²) in [7, 11) is 0. The molecule has 0 amide bonds. The van der Waals surface area contributed by atoms with Crippen LogP contribution in [0, 0.1) is 3.57 Å². The van der Waals surface area contributed by atoms with Crippen LogP contribution in [0.15, 0.2) is 67.1 Å². The Kier molecular flexibility index (Phi) is 4.35. The van der Waals surface area contributed by atoms with Crippen LogP contribution in [0.5, 0.6) is 0 Å². The minimum atomic E-state index is 0.123. The van der Waals surface area contributed by atoms with Crippen molar-refractivity contribution in [3.8, 4) is 5.82 Å². The van der Waals surface area contributed by atoms with E-state index in [4.69, 9.17) is 0 Å². The Bertz CT molecular complexity index is 1010. The van der Waals surface area contributed by atoms with E-state index in [0.29, 0.717) is 5.95 Å². The van der Waals surface area contributed by atoms with Crippen LogP contribution in [-0.4, -0.2) is 19.5 Å². The fourth-order valence-electron chi connectivity index (χ4n) is 2.74. The minimum Gasteiger partial charge on any atom is -0.348 e. The Morgan fingerprint density at radius 3 is 2.72 bits per heavy atom. The highest BCUT2D eigenvalue weighted by Gasteiger charge is 2.10. The van der Waals surface area contributed by atoms with Crippen molar-refractivity contribution in [3.63, 3.8) is 0 Å². The van der Waals surface area contributed by atoms with Gasteiger partial charge < -0.3 is 5.32 Å². The van der Waals surface area contributed by atoms with Gasteiger partial charge in [0.15, 0.2) is 0 Å². The van der Waals surface area contributed by atoms with Crippen LogP contribution in [0.4, 0.5) is 5.95 Å². The van der Waals surface area contributed by atoms with Crippen molar-refractivity contribution in [2.45, 2.75) is 13.0 Å². The molecular weight excluding hydrogens is 425 g/mol. The molecule has 0 saturated carbocycles. The third-order valence-electron chi connectivity index (χ3n) is 4.04. The molecule has 2 heterocycles. The fraction of sp³-hybridized carbons (Fsp3) is 0.105. The molecule has 0 aliphatic carbocycles. The quantitative estimate of drug-likeness (QED) is 0.471. The van der Waals surface area contributed by atoms with E-state index in [0.717, 1.165) is 20.4 Å². The highest BCUT2D eigenvalue weighted by Crippen LogP contribution is 2.21. The van der Waals surface area contributed by atoms with E-state index < -0.39 is 0 Å². The van der Waals surface area contributed by atoms with Crippen molar-refractivity contribution >= 4 is 39.6 Å². The Balaban J connectivity index is 1.65. The van der Waals surface area contributed by atoms with Crippen molar-refractivity contribution in [3.05, 3.63) is 76.3 Å². The maximum absolute atomic E-state index is 4.65. The zero-order valence-corrected chi connectivity index (χ0v) is 15.8. The largest absolute Gasteiger partial charge is 0.348 e. The van der Waals surface area contributed by atoms with E-state index in [2.05, 4.69) is 80.1 Å². The Labute approximate surface area is 159 Å². The normalized spacial score (nSPS) is 12.2. The highest BCUT2D eigenvalue weighted by molar-refractivity contribution is 14.1. The lowest BCUT2D eigenvalue weighted by Crippen LogP contribution is -2.10. The SMILES string of the molecule is CC(Nc1nccc(-n2cnc3cc(I)ccc32)n1)c1ccccc1. The molecule has 0 bridgehead atoms. The molecule has 6 heteroatoms. The first-order valence-corrected chi connectivity index (χ1v) is 9.06. The number of aromatic nitrogens is 4. The summed E-state index contributed by atoms with van der Waals surface area (Å²) in [4.78, 5) is 13.5. The first-order valence-electron chi connectivity index (χ1n) is 7.98. The van der Waals surface area contributed by atoms with Gasteiger partial charge >= 0.3 is 0 Å². The highest BCUT2D eigenvalue weighted by atomic mass is 127. The lowest BCUT2D eigenvalue weighted by atomic mass is 10.1. The summed E-state index contributed by atoms with van der Waals surface area (Å²) in [5.74, 6) is 1.39. The van der Waals surface area contributed by atoms with E-state index in [1.54, 1.807) is 12.5 Å². The number of halogens is 1. The molecule has 0 aliphatic rings. The number of rotatable bonds is 4. The molecule has 25 heavy (non-hydrogen) atoms. The number of benzene rings is 2. The number of hydrogen-bond donors (Lipinski definition) is 1. The maximum atomic E-state index is 4.65. The van der Waals surface area contributed by atoms with Gasteiger partial charge in [-0.2, -0.15) is 4.98 Å². The molecule has 0 fully saturated rings. The summed E-state index contributed by atoms with van der Waals surface area (Å²) >= 11 is 2.29. The van der Waals surface area contributed by atoms with Crippen LogP contribution in [0.25, 0.3) is 16.9 Å². The van der Waals surface area contributed by atoms with Gasteiger partial charge in [0, 0.05) is 9.77 Å². The van der Waals surface area contributed by atoms with Gasteiger partial charge in [0.2, 0.25) is 5.95 Å². The standard InChI is InChI=1S/C19H16IN5/c1-13(14-5-3-2-4-6-14)23-19-21-10-9-18(24-19)25-12-22-16-11-15(20)7-8-17(16)25/h2-13H,1H3,(H,21,23,24). The second-order valence-electron chi connectivity index (χ2n) is 5.76. The Morgan fingerprint density at radius 2 is 1.88 bits per heavy atom. The van der Waals surface area contributed by atoms with Crippen LogP contribution in [0.2, 0.25) is 0 Å². The van der Waals surface area contributed by atoms with Gasteiger partial charge in [0.1, 0.15) is 12.1 Å². The molecule has 1 unspecified atom stereocenters. The summed E-state index contributed by atoms with van der Waals surface area (Å²) in [6.07, 6.45) is 3.56. The van der Waals surface area contributed by atoms with Gasteiger partial charge in [-0.25, -0.2) is 9.97 Å². The third kappa shape index (κ3) is 3.34. The molecule has 4 rings (SSSR count). The maximum Gasteiger partial charge on any atom is 0.225 e. The molecule has 0 saturated heterocycles. The molecule has 1 atom stereocenters. The average Bonchev–Trinajstić information content (AvgIpc) is 3.05. The van der Waals surface area contributed by atoms with Crippen molar-refractivity contribution in [2.75, 3.05) is 5.32 Å². The van der Waals surface area contributed by atoms with Crippen molar-refractivity contribution in [1.82, 2.24) is 19.5 Å². The van der Waals surface area contributed by atoms with Crippen LogP contribution in [0.1, 0.15) is 18.5 Å². The first-order chi connectivity index (χ1) is 12.2. The Hall–Kier alpha value is -2.48. The number of nitrogens with zero attached hydrogens (tertiary/aromatic N) is 4. The molecule has 0 aliphatic heterocycles. The topological polar surface area (TPSA) is 55.6 Å².